The SMILES string of the molecule is COCCNCc1cccc(Br)c1OCC(C)(O)C(C)C. The first-order valence-corrected chi connectivity index (χ1v) is 8.00. The predicted octanol–water partition coefficient (Wildman–Crippen LogP) is 2.97. The van der Waals surface area contributed by atoms with Gasteiger partial charge in [0.25, 0.3) is 0 Å². The molecule has 0 spiro atoms. The van der Waals surface area contributed by atoms with Crippen molar-refractivity contribution in [3.63, 3.8) is 0 Å². The van der Waals surface area contributed by atoms with E-state index in [9.17, 15) is 5.11 Å². The van der Waals surface area contributed by atoms with Crippen molar-refractivity contribution in [1.82, 2.24) is 5.32 Å². The topological polar surface area (TPSA) is 50.7 Å². The molecule has 4 nitrogen and oxygen atoms in total. The van der Waals surface area contributed by atoms with Crippen LogP contribution < -0.4 is 10.1 Å². The summed E-state index contributed by atoms with van der Waals surface area (Å²) in [6, 6.07) is 5.94. The van der Waals surface area contributed by atoms with Crippen LogP contribution in [0.2, 0.25) is 0 Å². The predicted molar refractivity (Wildman–Crippen MR) is 88.7 cm³/mol. The molecule has 0 heterocycles. The minimum Gasteiger partial charge on any atom is -0.489 e. The second kappa shape index (κ2) is 8.73. The Bertz CT molecular complexity index is 436. The first kappa shape index (κ1) is 18.4. The Kier molecular flexibility index (Phi) is 7.66. The van der Waals surface area contributed by atoms with Gasteiger partial charge in [0, 0.05) is 25.8 Å². The quantitative estimate of drug-likeness (QED) is 0.665. The molecule has 0 aliphatic rings. The number of ether oxygens (including phenoxy) is 2. The third-order valence-electron chi connectivity index (χ3n) is 3.60. The van der Waals surface area contributed by atoms with Crippen molar-refractivity contribution in [3.8, 4) is 5.75 Å². The van der Waals surface area contributed by atoms with Gasteiger partial charge in [0.1, 0.15) is 12.4 Å². The van der Waals surface area contributed by atoms with Crippen LogP contribution in [0.1, 0.15) is 26.3 Å². The van der Waals surface area contributed by atoms with Gasteiger partial charge in [-0.15, -0.1) is 0 Å². The smallest absolute Gasteiger partial charge is 0.138 e. The van der Waals surface area contributed by atoms with Gasteiger partial charge in [0.15, 0.2) is 0 Å². The van der Waals surface area contributed by atoms with Crippen LogP contribution in [0.15, 0.2) is 22.7 Å². The average Bonchev–Trinajstić information content (AvgIpc) is 2.42. The third-order valence-corrected chi connectivity index (χ3v) is 4.22. The highest BCUT2D eigenvalue weighted by molar-refractivity contribution is 9.10. The Morgan fingerprint density at radius 3 is 2.71 bits per heavy atom. The number of aliphatic hydroxyl groups is 1. The van der Waals surface area contributed by atoms with E-state index in [0.29, 0.717) is 13.2 Å². The number of methoxy groups -OCH3 is 1. The lowest BCUT2D eigenvalue weighted by molar-refractivity contribution is -0.0270. The zero-order valence-electron chi connectivity index (χ0n) is 13.3. The monoisotopic (exact) mass is 359 g/mol. The summed E-state index contributed by atoms with van der Waals surface area (Å²) in [6.07, 6.45) is 0. The van der Waals surface area contributed by atoms with Crippen LogP contribution in [0.25, 0.3) is 0 Å². The maximum atomic E-state index is 10.3. The summed E-state index contributed by atoms with van der Waals surface area (Å²) in [5.74, 6) is 0.909. The molecule has 1 aromatic carbocycles. The van der Waals surface area contributed by atoms with E-state index < -0.39 is 5.60 Å². The van der Waals surface area contributed by atoms with Crippen LogP contribution >= 0.6 is 15.9 Å². The second-order valence-corrected chi connectivity index (χ2v) is 6.55. The summed E-state index contributed by atoms with van der Waals surface area (Å²) in [5, 5.41) is 13.6. The standard InChI is InChI=1S/C16H26BrNO3/c1-12(2)16(3,19)11-21-15-13(6-5-7-14(15)17)10-18-8-9-20-4/h5-7,12,18-19H,8-11H2,1-4H3. The Hall–Kier alpha value is -0.620. The van der Waals surface area contributed by atoms with Crippen molar-refractivity contribution in [1.29, 1.82) is 0 Å². The second-order valence-electron chi connectivity index (χ2n) is 5.70. The fourth-order valence-electron chi connectivity index (χ4n) is 1.64. The zero-order valence-corrected chi connectivity index (χ0v) is 14.9. The van der Waals surface area contributed by atoms with Gasteiger partial charge >= 0.3 is 0 Å². The highest BCUT2D eigenvalue weighted by Gasteiger charge is 2.26. The molecule has 0 saturated carbocycles. The summed E-state index contributed by atoms with van der Waals surface area (Å²) in [6.45, 7) is 8.18. The van der Waals surface area contributed by atoms with Crippen molar-refractivity contribution in [2.45, 2.75) is 32.9 Å². The molecule has 21 heavy (non-hydrogen) atoms. The molecule has 0 aromatic heterocycles. The summed E-state index contributed by atoms with van der Waals surface area (Å²) in [5.41, 5.74) is 0.204. The number of benzene rings is 1. The summed E-state index contributed by atoms with van der Waals surface area (Å²) >= 11 is 3.52. The Morgan fingerprint density at radius 1 is 1.38 bits per heavy atom. The number of hydrogen-bond acceptors (Lipinski definition) is 4. The van der Waals surface area contributed by atoms with Crippen molar-refractivity contribution in [2.24, 2.45) is 5.92 Å². The molecule has 1 rings (SSSR count). The van der Waals surface area contributed by atoms with E-state index in [1.54, 1.807) is 14.0 Å². The van der Waals surface area contributed by atoms with Gasteiger partial charge in [-0.3, -0.25) is 0 Å². The average molecular weight is 360 g/mol. The van der Waals surface area contributed by atoms with E-state index in [2.05, 4.69) is 21.2 Å². The molecule has 0 aliphatic carbocycles. The van der Waals surface area contributed by atoms with Crippen molar-refractivity contribution in [3.05, 3.63) is 28.2 Å². The maximum Gasteiger partial charge on any atom is 0.138 e. The molecule has 0 bridgehead atoms. The fourth-order valence-corrected chi connectivity index (χ4v) is 2.16. The third kappa shape index (κ3) is 5.94. The first-order valence-electron chi connectivity index (χ1n) is 7.20. The lowest BCUT2D eigenvalue weighted by Gasteiger charge is -2.28. The van der Waals surface area contributed by atoms with E-state index in [1.807, 2.05) is 32.0 Å². The van der Waals surface area contributed by atoms with Gasteiger partial charge in [-0.1, -0.05) is 26.0 Å². The highest BCUT2D eigenvalue weighted by Crippen LogP contribution is 2.30. The molecule has 1 atom stereocenters. The largest absolute Gasteiger partial charge is 0.489 e. The molecule has 0 fully saturated rings. The molecule has 0 saturated heterocycles. The van der Waals surface area contributed by atoms with Crippen LogP contribution in [0.5, 0.6) is 5.75 Å². The van der Waals surface area contributed by atoms with E-state index in [1.165, 1.54) is 0 Å². The molecule has 1 aromatic rings. The van der Waals surface area contributed by atoms with Gasteiger partial charge in [0.2, 0.25) is 0 Å². The van der Waals surface area contributed by atoms with E-state index in [0.717, 1.165) is 22.3 Å². The molecule has 0 aliphatic heterocycles. The fraction of sp³-hybridized carbons (Fsp3) is 0.625. The van der Waals surface area contributed by atoms with Crippen LogP contribution in [-0.4, -0.2) is 37.6 Å². The van der Waals surface area contributed by atoms with Crippen LogP contribution in [0.4, 0.5) is 0 Å². The maximum absolute atomic E-state index is 10.3. The molecular weight excluding hydrogens is 334 g/mol. The zero-order chi connectivity index (χ0) is 15.9. The van der Waals surface area contributed by atoms with Crippen molar-refractivity contribution in [2.75, 3.05) is 26.9 Å². The number of para-hydroxylation sites is 1. The molecular formula is C16H26BrNO3. The summed E-state index contributed by atoms with van der Waals surface area (Å²) in [4.78, 5) is 0. The molecule has 2 N–H and O–H groups in total. The van der Waals surface area contributed by atoms with Gasteiger partial charge in [-0.25, -0.2) is 0 Å². The number of hydrogen-bond donors (Lipinski definition) is 2. The van der Waals surface area contributed by atoms with E-state index >= 15 is 0 Å². The highest BCUT2D eigenvalue weighted by atomic mass is 79.9. The number of rotatable bonds is 9. The summed E-state index contributed by atoms with van der Waals surface area (Å²) in [7, 11) is 1.68. The van der Waals surface area contributed by atoms with Gasteiger partial charge < -0.3 is 19.9 Å². The normalized spacial score (nSPS) is 14.2. The van der Waals surface area contributed by atoms with Crippen molar-refractivity contribution < 1.29 is 14.6 Å². The van der Waals surface area contributed by atoms with Gasteiger partial charge in [0.05, 0.1) is 16.7 Å². The summed E-state index contributed by atoms with van der Waals surface area (Å²) < 4.78 is 11.8. The number of nitrogens with one attached hydrogen (secondary N) is 1. The molecule has 0 radical (unpaired) electrons. The van der Waals surface area contributed by atoms with Gasteiger partial charge in [-0.2, -0.15) is 0 Å². The van der Waals surface area contributed by atoms with E-state index in [4.69, 9.17) is 9.47 Å². The Morgan fingerprint density at radius 2 is 2.10 bits per heavy atom. The van der Waals surface area contributed by atoms with E-state index in [-0.39, 0.29) is 12.5 Å². The van der Waals surface area contributed by atoms with Crippen LogP contribution in [0.3, 0.4) is 0 Å². The van der Waals surface area contributed by atoms with Crippen LogP contribution in [-0.2, 0) is 11.3 Å². The molecule has 5 heteroatoms. The number of halogens is 1. The molecule has 120 valence electrons. The van der Waals surface area contributed by atoms with Gasteiger partial charge in [-0.05, 0) is 34.8 Å². The Labute approximate surface area is 136 Å². The van der Waals surface area contributed by atoms with Crippen LogP contribution in [0, 0.1) is 5.92 Å². The lowest BCUT2D eigenvalue weighted by atomic mass is 9.94. The minimum absolute atomic E-state index is 0.128. The molecule has 1 unspecified atom stereocenters. The minimum atomic E-state index is -0.851. The van der Waals surface area contributed by atoms with Crippen molar-refractivity contribution >= 4 is 15.9 Å². The molecule has 0 amide bonds. The lowest BCUT2D eigenvalue weighted by Crippen LogP contribution is -2.38. The Balaban J connectivity index is 2.71. The first-order chi connectivity index (χ1) is 9.88.